The lowest BCUT2D eigenvalue weighted by atomic mass is 10.2. The molecule has 0 fully saturated rings. The van der Waals surface area contributed by atoms with Gasteiger partial charge in [-0.05, 0) is 42.0 Å². The molecule has 9 heteroatoms. The summed E-state index contributed by atoms with van der Waals surface area (Å²) in [6.07, 6.45) is 1.63. The van der Waals surface area contributed by atoms with Crippen molar-refractivity contribution in [2.24, 2.45) is 0 Å². The summed E-state index contributed by atoms with van der Waals surface area (Å²) in [6.45, 7) is 0. The quantitative estimate of drug-likeness (QED) is 0.676. The average Bonchev–Trinajstić information content (AvgIpc) is 3.05. The van der Waals surface area contributed by atoms with Crippen molar-refractivity contribution in [3.8, 4) is 11.5 Å². The first kappa shape index (κ1) is 19.2. The van der Waals surface area contributed by atoms with Gasteiger partial charge in [-0.3, -0.25) is 0 Å². The molecule has 7 nitrogen and oxygen atoms in total. The second-order valence-corrected chi connectivity index (χ2v) is 8.53. The summed E-state index contributed by atoms with van der Waals surface area (Å²) in [5.41, 5.74) is 1.80. The van der Waals surface area contributed by atoms with Crippen LogP contribution in [0.5, 0.6) is 11.5 Å². The molecule has 0 bridgehead atoms. The van der Waals surface area contributed by atoms with Gasteiger partial charge in [-0.15, -0.1) is 0 Å². The average molecular weight is 408 g/mol. The summed E-state index contributed by atoms with van der Waals surface area (Å²) in [7, 11) is 0.876. The Labute approximate surface area is 161 Å². The Balaban J connectivity index is 1.98. The fraction of sp³-hybridized carbons (Fsp3) is 0.167. The molecule has 142 valence electrons. The summed E-state index contributed by atoms with van der Waals surface area (Å²) in [4.78, 5) is 7.57. The van der Waals surface area contributed by atoms with Crippen LogP contribution in [0, 0.1) is 0 Å². The zero-order valence-electron chi connectivity index (χ0n) is 14.9. The topological polar surface area (TPSA) is 95.5 Å². The molecule has 0 atom stereocenters. The van der Waals surface area contributed by atoms with E-state index in [4.69, 9.17) is 16.3 Å². The molecule has 0 aliphatic rings. The standard InChI is InChI=1S/C18H18ClN3O4S/c1-22(2)27(24,25)12-5-6-14-15(10-12)21-18(20-14)13(19)8-11-4-7-17(26-3)16(23)9-11/h4-10,23H,1-3H3,(H,20,21)/b13-8-. The van der Waals surface area contributed by atoms with E-state index >= 15 is 0 Å². The number of aromatic hydroxyl groups is 1. The van der Waals surface area contributed by atoms with Crippen molar-refractivity contribution in [3.63, 3.8) is 0 Å². The van der Waals surface area contributed by atoms with Crippen molar-refractivity contribution in [2.75, 3.05) is 21.2 Å². The predicted octanol–water partition coefficient (Wildman–Crippen LogP) is 3.26. The number of rotatable bonds is 5. The molecule has 3 aromatic rings. The summed E-state index contributed by atoms with van der Waals surface area (Å²) in [5, 5.41) is 10.2. The Bertz CT molecular complexity index is 1140. The van der Waals surface area contributed by atoms with Crippen molar-refractivity contribution >= 4 is 43.8 Å². The molecule has 1 heterocycles. The van der Waals surface area contributed by atoms with Crippen LogP contribution in [-0.2, 0) is 10.0 Å². The summed E-state index contributed by atoms with van der Waals surface area (Å²) in [6, 6.07) is 9.53. The second kappa shape index (κ2) is 7.22. The highest BCUT2D eigenvalue weighted by Crippen LogP contribution is 2.29. The number of halogens is 1. The van der Waals surface area contributed by atoms with Gasteiger partial charge in [0.15, 0.2) is 11.5 Å². The van der Waals surface area contributed by atoms with E-state index in [9.17, 15) is 13.5 Å². The van der Waals surface area contributed by atoms with E-state index in [2.05, 4.69) is 9.97 Å². The van der Waals surface area contributed by atoms with Crippen LogP contribution in [0.4, 0.5) is 0 Å². The first-order valence-corrected chi connectivity index (χ1v) is 9.71. The van der Waals surface area contributed by atoms with Crippen molar-refractivity contribution < 1.29 is 18.3 Å². The molecule has 0 aliphatic heterocycles. The van der Waals surface area contributed by atoms with Crippen LogP contribution < -0.4 is 4.74 Å². The lowest BCUT2D eigenvalue weighted by Gasteiger charge is -2.10. The molecule has 27 heavy (non-hydrogen) atoms. The first-order chi connectivity index (χ1) is 12.7. The van der Waals surface area contributed by atoms with Gasteiger partial charge in [0.2, 0.25) is 10.0 Å². The van der Waals surface area contributed by atoms with Crippen LogP contribution in [-0.4, -0.2) is 49.0 Å². The van der Waals surface area contributed by atoms with Gasteiger partial charge in [-0.2, -0.15) is 0 Å². The molecular weight excluding hydrogens is 390 g/mol. The van der Waals surface area contributed by atoms with E-state index in [-0.39, 0.29) is 10.6 Å². The number of hydrogen-bond acceptors (Lipinski definition) is 5. The molecule has 2 N–H and O–H groups in total. The van der Waals surface area contributed by atoms with Crippen molar-refractivity contribution in [3.05, 3.63) is 47.8 Å². The maximum absolute atomic E-state index is 12.3. The number of aromatic nitrogens is 2. The first-order valence-electron chi connectivity index (χ1n) is 7.89. The molecule has 0 spiro atoms. The molecule has 0 aliphatic carbocycles. The number of nitrogens with one attached hydrogen (secondary N) is 1. The number of ether oxygens (including phenoxy) is 1. The normalized spacial score (nSPS) is 12.7. The molecule has 0 amide bonds. The number of aromatic amines is 1. The number of benzene rings is 2. The fourth-order valence-corrected chi connectivity index (χ4v) is 3.63. The number of imidazole rings is 1. The van der Waals surface area contributed by atoms with E-state index in [0.717, 1.165) is 4.31 Å². The lowest BCUT2D eigenvalue weighted by Crippen LogP contribution is -2.22. The van der Waals surface area contributed by atoms with Crippen LogP contribution in [0.15, 0.2) is 41.3 Å². The van der Waals surface area contributed by atoms with Crippen molar-refractivity contribution in [2.45, 2.75) is 4.90 Å². The number of sulfonamides is 1. The number of H-pyrrole nitrogens is 1. The highest BCUT2D eigenvalue weighted by Gasteiger charge is 2.18. The Morgan fingerprint density at radius 3 is 2.63 bits per heavy atom. The third-order valence-electron chi connectivity index (χ3n) is 3.95. The van der Waals surface area contributed by atoms with Gasteiger partial charge in [-0.1, -0.05) is 17.7 Å². The molecule has 2 aromatic carbocycles. The smallest absolute Gasteiger partial charge is 0.242 e. The Morgan fingerprint density at radius 1 is 1.26 bits per heavy atom. The third kappa shape index (κ3) is 3.78. The monoisotopic (exact) mass is 407 g/mol. The van der Waals surface area contributed by atoms with Crippen LogP contribution in [0.3, 0.4) is 0 Å². The van der Waals surface area contributed by atoms with E-state index in [1.54, 1.807) is 24.3 Å². The number of methoxy groups -OCH3 is 1. The minimum absolute atomic E-state index is 0.00106. The maximum Gasteiger partial charge on any atom is 0.242 e. The van der Waals surface area contributed by atoms with E-state index in [1.165, 1.54) is 39.4 Å². The van der Waals surface area contributed by atoms with E-state index < -0.39 is 10.0 Å². The Kier molecular flexibility index (Phi) is 5.14. The molecular formula is C18H18ClN3O4S. The lowest BCUT2D eigenvalue weighted by molar-refractivity contribution is 0.373. The Morgan fingerprint density at radius 2 is 2.00 bits per heavy atom. The largest absolute Gasteiger partial charge is 0.504 e. The van der Waals surface area contributed by atoms with Crippen LogP contribution in [0.25, 0.3) is 22.1 Å². The molecule has 0 saturated carbocycles. The predicted molar refractivity (Wildman–Crippen MR) is 105 cm³/mol. The van der Waals surface area contributed by atoms with Crippen molar-refractivity contribution in [1.82, 2.24) is 14.3 Å². The van der Waals surface area contributed by atoms with Gasteiger partial charge in [-0.25, -0.2) is 17.7 Å². The van der Waals surface area contributed by atoms with Gasteiger partial charge in [0.05, 0.1) is 28.1 Å². The second-order valence-electron chi connectivity index (χ2n) is 5.98. The highest BCUT2D eigenvalue weighted by atomic mass is 35.5. The zero-order valence-corrected chi connectivity index (χ0v) is 16.5. The fourth-order valence-electron chi connectivity index (χ4n) is 2.48. The number of nitrogens with zero attached hydrogens (tertiary/aromatic N) is 2. The molecule has 0 saturated heterocycles. The summed E-state index contributed by atoms with van der Waals surface area (Å²) >= 11 is 6.35. The molecule has 1 aromatic heterocycles. The SMILES string of the molecule is COc1ccc(/C=C(\Cl)c2nc3ccc(S(=O)(=O)N(C)C)cc3[nH]2)cc1O. The van der Waals surface area contributed by atoms with Gasteiger partial charge in [0.25, 0.3) is 0 Å². The number of phenolic OH excluding ortho intramolecular Hbond substituents is 1. The summed E-state index contributed by atoms with van der Waals surface area (Å²) in [5.74, 6) is 0.752. The minimum atomic E-state index is -3.54. The van der Waals surface area contributed by atoms with Gasteiger partial charge < -0.3 is 14.8 Å². The molecule has 0 radical (unpaired) electrons. The zero-order chi connectivity index (χ0) is 19.8. The number of fused-ring (bicyclic) bond motifs is 1. The maximum atomic E-state index is 12.3. The van der Waals surface area contributed by atoms with Crippen LogP contribution >= 0.6 is 11.6 Å². The molecule has 3 rings (SSSR count). The van der Waals surface area contributed by atoms with Crippen LogP contribution in [0.2, 0.25) is 0 Å². The summed E-state index contributed by atoms with van der Waals surface area (Å²) < 4.78 is 30.7. The third-order valence-corrected chi connectivity index (χ3v) is 6.05. The van der Waals surface area contributed by atoms with E-state index in [0.29, 0.717) is 33.2 Å². The van der Waals surface area contributed by atoms with Gasteiger partial charge in [0, 0.05) is 14.1 Å². The van der Waals surface area contributed by atoms with Gasteiger partial charge in [0.1, 0.15) is 5.82 Å². The highest BCUT2D eigenvalue weighted by molar-refractivity contribution is 7.89. The molecule has 0 unspecified atom stereocenters. The van der Waals surface area contributed by atoms with E-state index in [1.807, 2.05) is 0 Å². The number of hydrogen-bond donors (Lipinski definition) is 2. The minimum Gasteiger partial charge on any atom is -0.504 e. The van der Waals surface area contributed by atoms with Gasteiger partial charge >= 0.3 is 0 Å². The Hall–Kier alpha value is -2.55. The van der Waals surface area contributed by atoms with Crippen LogP contribution in [0.1, 0.15) is 11.4 Å². The number of phenols is 1. The van der Waals surface area contributed by atoms with Crippen molar-refractivity contribution in [1.29, 1.82) is 0 Å².